The lowest BCUT2D eigenvalue weighted by atomic mass is 10.0. The maximum absolute atomic E-state index is 9.28. The van der Waals surface area contributed by atoms with Crippen molar-refractivity contribution in [2.45, 2.75) is 51.7 Å². The first kappa shape index (κ1) is 11.5. The van der Waals surface area contributed by atoms with Gasteiger partial charge < -0.3 is 10.2 Å². The van der Waals surface area contributed by atoms with Crippen LogP contribution >= 0.6 is 0 Å². The van der Waals surface area contributed by atoms with Crippen molar-refractivity contribution in [2.75, 3.05) is 0 Å². The monoisotopic (exact) mass is 170 g/mol. The summed E-state index contributed by atoms with van der Waals surface area (Å²) in [6.45, 7) is 6.86. The summed E-state index contributed by atoms with van der Waals surface area (Å²) in [6.07, 6.45) is 0.895. The minimum absolute atomic E-state index is 0.448. The molecule has 0 aromatic heterocycles. The Kier molecular flexibility index (Phi) is 3.76. The van der Waals surface area contributed by atoms with Gasteiger partial charge in [-0.3, -0.25) is 0 Å². The van der Waals surface area contributed by atoms with Gasteiger partial charge in [0.2, 0.25) is 0 Å². The van der Waals surface area contributed by atoms with Crippen LogP contribution < -0.4 is 0 Å². The fourth-order valence-corrected chi connectivity index (χ4v) is 0.558. The zero-order valence-electron chi connectivity index (χ0n) is 8.31. The van der Waals surface area contributed by atoms with Crippen LogP contribution in [0.2, 0.25) is 0 Å². The van der Waals surface area contributed by atoms with E-state index in [1.165, 1.54) is 0 Å². The molecule has 0 aromatic rings. The molecule has 0 aromatic carbocycles. The Balaban J connectivity index is 3.77. The minimum Gasteiger partial charge on any atom is -0.389 e. The molecule has 0 aliphatic heterocycles. The normalized spacial score (nSPS) is 12.2. The highest BCUT2D eigenvalue weighted by atomic mass is 16.3. The summed E-state index contributed by atoms with van der Waals surface area (Å²) in [5.41, 5.74) is -1.46. The van der Waals surface area contributed by atoms with E-state index in [4.69, 9.17) is 0 Å². The average Bonchev–Trinajstić information content (AvgIpc) is 1.76. The second kappa shape index (κ2) is 3.93. The topological polar surface area (TPSA) is 40.5 Å². The quantitative estimate of drug-likeness (QED) is 0.613. The maximum Gasteiger partial charge on any atom is 0.0700 e. The predicted molar refractivity (Wildman–Crippen MR) is 49.6 cm³/mol. The summed E-state index contributed by atoms with van der Waals surface area (Å²) in [7, 11) is 0. The first-order valence-electron chi connectivity index (χ1n) is 4.11. The van der Waals surface area contributed by atoms with Gasteiger partial charge in [-0.05, 0) is 27.7 Å². The van der Waals surface area contributed by atoms with Gasteiger partial charge in [0.25, 0.3) is 0 Å². The van der Waals surface area contributed by atoms with E-state index < -0.39 is 11.2 Å². The van der Waals surface area contributed by atoms with Crippen molar-refractivity contribution in [1.82, 2.24) is 0 Å². The molecule has 12 heavy (non-hydrogen) atoms. The van der Waals surface area contributed by atoms with Gasteiger partial charge >= 0.3 is 0 Å². The Bertz CT molecular complexity index is 163. The first-order chi connectivity index (χ1) is 5.21. The van der Waals surface area contributed by atoms with Crippen LogP contribution in [0.4, 0.5) is 0 Å². The molecule has 0 saturated heterocycles. The molecular weight excluding hydrogens is 152 g/mol. The minimum atomic E-state index is -0.730. The molecule has 0 aliphatic carbocycles. The predicted octanol–water partition coefficient (Wildman–Crippen LogP) is 1.31. The molecule has 2 nitrogen and oxygen atoms in total. The molecule has 0 bridgehead atoms. The summed E-state index contributed by atoms with van der Waals surface area (Å²) in [5, 5.41) is 18.6. The highest BCUT2D eigenvalue weighted by Gasteiger charge is 2.11. The number of rotatable bonds is 2. The van der Waals surface area contributed by atoms with E-state index in [1.54, 1.807) is 27.7 Å². The van der Waals surface area contributed by atoms with Crippen molar-refractivity contribution in [3.63, 3.8) is 0 Å². The van der Waals surface area contributed by atoms with E-state index in [-0.39, 0.29) is 0 Å². The second-order valence-electron chi connectivity index (χ2n) is 4.33. The van der Waals surface area contributed by atoms with Crippen LogP contribution in [0.1, 0.15) is 40.5 Å². The molecule has 0 rings (SSSR count). The van der Waals surface area contributed by atoms with Crippen LogP contribution in [-0.4, -0.2) is 21.4 Å². The van der Waals surface area contributed by atoms with Crippen LogP contribution in [0, 0.1) is 11.8 Å². The summed E-state index contributed by atoms with van der Waals surface area (Å²) >= 11 is 0. The van der Waals surface area contributed by atoms with Gasteiger partial charge in [-0.25, -0.2) is 0 Å². The van der Waals surface area contributed by atoms with Crippen molar-refractivity contribution in [3.05, 3.63) is 0 Å². The van der Waals surface area contributed by atoms with Gasteiger partial charge in [-0.1, -0.05) is 0 Å². The molecule has 0 saturated carbocycles. The maximum atomic E-state index is 9.28. The van der Waals surface area contributed by atoms with Crippen LogP contribution in [0.3, 0.4) is 0 Å². The number of aliphatic hydroxyl groups is 2. The van der Waals surface area contributed by atoms with Gasteiger partial charge in [-0.2, -0.15) is 0 Å². The fraction of sp³-hybridized carbons (Fsp3) is 0.800. The van der Waals surface area contributed by atoms with Gasteiger partial charge in [0.15, 0.2) is 0 Å². The lowest BCUT2D eigenvalue weighted by molar-refractivity contribution is 0.0829. The third-order valence-electron chi connectivity index (χ3n) is 1.17. The summed E-state index contributed by atoms with van der Waals surface area (Å²) < 4.78 is 0. The molecule has 0 radical (unpaired) electrons. The second-order valence-corrected chi connectivity index (χ2v) is 4.33. The summed E-state index contributed by atoms with van der Waals surface area (Å²) in [5.74, 6) is 5.64. The highest BCUT2D eigenvalue weighted by Crippen LogP contribution is 2.07. The first-order valence-corrected chi connectivity index (χ1v) is 4.11. The Hall–Kier alpha value is -0.520. The molecule has 0 heterocycles. The highest BCUT2D eigenvalue weighted by molar-refractivity contribution is 5.04. The van der Waals surface area contributed by atoms with E-state index in [9.17, 15) is 10.2 Å². The van der Waals surface area contributed by atoms with Crippen molar-refractivity contribution < 1.29 is 10.2 Å². The molecule has 0 aliphatic rings. The van der Waals surface area contributed by atoms with Gasteiger partial charge in [0.1, 0.15) is 0 Å². The standard InChI is InChI=1S/C10H18O2/c1-9(2,11)7-5-6-8-10(3,4)12/h11-12H,7-8H2,1-4H3. The number of hydrogen-bond acceptors (Lipinski definition) is 2. The SMILES string of the molecule is CC(C)(O)CC#CCC(C)(C)O. The van der Waals surface area contributed by atoms with Crippen molar-refractivity contribution in [3.8, 4) is 11.8 Å². The average molecular weight is 170 g/mol. The molecule has 0 atom stereocenters. The zero-order valence-corrected chi connectivity index (χ0v) is 8.31. The summed E-state index contributed by atoms with van der Waals surface area (Å²) in [6, 6.07) is 0. The largest absolute Gasteiger partial charge is 0.389 e. The van der Waals surface area contributed by atoms with Crippen molar-refractivity contribution in [2.24, 2.45) is 0 Å². The van der Waals surface area contributed by atoms with E-state index in [0.29, 0.717) is 12.8 Å². The molecular formula is C10H18O2. The Morgan fingerprint density at radius 3 is 1.25 bits per heavy atom. The molecule has 70 valence electrons. The molecule has 0 unspecified atom stereocenters. The van der Waals surface area contributed by atoms with E-state index in [0.717, 1.165) is 0 Å². The Morgan fingerprint density at radius 1 is 0.833 bits per heavy atom. The Morgan fingerprint density at radius 2 is 1.08 bits per heavy atom. The van der Waals surface area contributed by atoms with Crippen molar-refractivity contribution >= 4 is 0 Å². The fourth-order valence-electron chi connectivity index (χ4n) is 0.558. The molecule has 0 fully saturated rings. The molecule has 0 amide bonds. The molecule has 2 heteroatoms. The molecule has 2 N–H and O–H groups in total. The van der Waals surface area contributed by atoms with Crippen LogP contribution in [0.15, 0.2) is 0 Å². The van der Waals surface area contributed by atoms with Gasteiger partial charge in [0, 0.05) is 12.8 Å². The van der Waals surface area contributed by atoms with Crippen LogP contribution in [0.5, 0.6) is 0 Å². The van der Waals surface area contributed by atoms with Gasteiger partial charge in [0.05, 0.1) is 11.2 Å². The van der Waals surface area contributed by atoms with Crippen LogP contribution in [0.25, 0.3) is 0 Å². The lowest BCUT2D eigenvalue weighted by Gasteiger charge is -2.13. The van der Waals surface area contributed by atoms with E-state index in [1.807, 2.05) is 0 Å². The van der Waals surface area contributed by atoms with E-state index in [2.05, 4.69) is 11.8 Å². The van der Waals surface area contributed by atoms with E-state index >= 15 is 0 Å². The third kappa shape index (κ3) is 9.48. The van der Waals surface area contributed by atoms with Gasteiger partial charge in [-0.15, -0.1) is 11.8 Å². The van der Waals surface area contributed by atoms with Crippen molar-refractivity contribution in [1.29, 1.82) is 0 Å². The number of hydrogen-bond donors (Lipinski definition) is 2. The molecule has 0 spiro atoms. The Labute approximate surface area is 74.6 Å². The lowest BCUT2D eigenvalue weighted by Crippen LogP contribution is -2.18. The third-order valence-corrected chi connectivity index (χ3v) is 1.17. The summed E-state index contributed by atoms with van der Waals surface area (Å²) in [4.78, 5) is 0. The zero-order chi connectivity index (χ0) is 9.83. The smallest absolute Gasteiger partial charge is 0.0700 e. The van der Waals surface area contributed by atoms with Crippen LogP contribution in [-0.2, 0) is 0 Å².